The molecular formula is C51H30N4OS. The number of hydrogen-bond donors (Lipinski definition) is 0. The van der Waals surface area contributed by atoms with Gasteiger partial charge in [-0.3, -0.25) is 0 Å². The van der Waals surface area contributed by atoms with E-state index in [2.05, 4.69) is 156 Å². The second-order valence-electron chi connectivity index (χ2n) is 14.3. The molecule has 0 unspecified atom stereocenters. The summed E-state index contributed by atoms with van der Waals surface area (Å²) in [5.41, 5.74) is 9.97. The number of thiophene rings is 1. The SMILES string of the molecule is c1ccc(-c2nc(-c3cccc4c3oc3cc(-n5c6ccccc6c6cccc(-c7ccccc7)c65)ccc34)nc(-c3cccc4c3sc3ccccc34)n2)cc1. The van der Waals surface area contributed by atoms with Gasteiger partial charge in [0.2, 0.25) is 0 Å². The summed E-state index contributed by atoms with van der Waals surface area (Å²) < 4.78 is 11.7. The Bertz CT molecular complexity index is 3530. The summed E-state index contributed by atoms with van der Waals surface area (Å²) in [7, 11) is 0. The molecule has 0 amide bonds. The monoisotopic (exact) mass is 746 g/mol. The predicted octanol–water partition coefficient (Wildman–Crippen LogP) is 13.9. The van der Waals surface area contributed by atoms with E-state index >= 15 is 0 Å². The van der Waals surface area contributed by atoms with Crippen LogP contribution in [-0.2, 0) is 0 Å². The first-order valence-electron chi connectivity index (χ1n) is 19.0. The fourth-order valence-electron chi connectivity index (χ4n) is 8.50. The Kier molecular flexibility index (Phi) is 7.03. The van der Waals surface area contributed by atoms with Crippen LogP contribution in [0.2, 0.25) is 0 Å². The molecule has 0 radical (unpaired) electrons. The Morgan fingerprint density at radius 3 is 1.86 bits per heavy atom. The van der Waals surface area contributed by atoms with Crippen LogP contribution in [0.15, 0.2) is 186 Å². The first-order valence-corrected chi connectivity index (χ1v) is 19.8. The average molecular weight is 747 g/mol. The highest BCUT2D eigenvalue weighted by Crippen LogP contribution is 2.42. The molecule has 5 nitrogen and oxygen atoms in total. The van der Waals surface area contributed by atoms with Crippen LogP contribution in [0.4, 0.5) is 0 Å². The van der Waals surface area contributed by atoms with E-state index in [1.54, 1.807) is 11.3 Å². The van der Waals surface area contributed by atoms with E-state index in [9.17, 15) is 0 Å². The van der Waals surface area contributed by atoms with E-state index in [1.807, 2.05) is 30.3 Å². The number of aromatic nitrogens is 4. The van der Waals surface area contributed by atoms with Crippen LogP contribution in [0.25, 0.3) is 115 Å². The molecule has 12 rings (SSSR count). The Morgan fingerprint density at radius 2 is 1.04 bits per heavy atom. The molecule has 0 aliphatic carbocycles. The van der Waals surface area contributed by atoms with Crippen molar-refractivity contribution in [2.75, 3.05) is 0 Å². The summed E-state index contributed by atoms with van der Waals surface area (Å²) in [5, 5.41) is 6.91. The maximum atomic E-state index is 6.91. The van der Waals surface area contributed by atoms with Gasteiger partial charge < -0.3 is 8.98 Å². The van der Waals surface area contributed by atoms with Gasteiger partial charge in [-0.2, -0.15) is 0 Å². The van der Waals surface area contributed by atoms with Crippen molar-refractivity contribution < 1.29 is 4.42 Å². The fraction of sp³-hybridized carbons (Fsp3) is 0. The normalized spacial score (nSPS) is 11.9. The minimum atomic E-state index is 0.566. The molecule has 0 spiro atoms. The van der Waals surface area contributed by atoms with Crippen molar-refractivity contribution in [1.29, 1.82) is 0 Å². The van der Waals surface area contributed by atoms with E-state index < -0.39 is 0 Å². The molecule has 0 aliphatic heterocycles. The smallest absolute Gasteiger partial charge is 0.167 e. The van der Waals surface area contributed by atoms with Crippen LogP contribution < -0.4 is 0 Å². The van der Waals surface area contributed by atoms with E-state index in [0.29, 0.717) is 17.5 Å². The molecule has 0 fully saturated rings. The maximum Gasteiger partial charge on any atom is 0.167 e. The van der Waals surface area contributed by atoms with Crippen LogP contribution in [0, 0.1) is 0 Å². The number of para-hydroxylation sites is 3. The number of benzene rings is 8. The van der Waals surface area contributed by atoms with Crippen molar-refractivity contribution in [1.82, 2.24) is 19.5 Å². The second kappa shape index (κ2) is 12.6. The van der Waals surface area contributed by atoms with Crippen molar-refractivity contribution >= 4 is 75.3 Å². The molecule has 0 aliphatic rings. The van der Waals surface area contributed by atoms with Crippen molar-refractivity contribution in [3.63, 3.8) is 0 Å². The molecule has 0 bridgehead atoms. The van der Waals surface area contributed by atoms with Crippen molar-refractivity contribution in [3.8, 4) is 51.0 Å². The second-order valence-corrected chi connectivity index (χ2v) is 15.4. The summed E-state index contributed by atoms with van der Waals surface area (Å²) in [6, 6.07) is 63.7. The number of furan rings is 1. The molecule has 12 aromatic rings. The van der Waals surface area contributed by atoms with Crippen LogP contribution in [0.3, 0.4) is 0 Å². The zero-order chi connectivity index (χ0) is 37.5. The number of hydrogen-bond acceptors (Lipinski definition) is 5. The van der Waals surface area contributed by atoms with Crippen LogP contribution >= 0.6 is 11.3 Å². The lowest BCUT2D eigenvalue weighted by Crippen LogP contribution is -2.00. The molecule has 4 aromatic heterocycles. The zero-order valence-corrected chi connectivity index (χ0v) is 31.2. The van der Waals surface area contributed by atoms with Gasteiger partial charge in [-0.1, -0.05) is 140 Å². The van der Waals surface area contributed by atoms with E-state index in [4.69, 9.17) is 19.4 Å². The minimum Gasteiger partial charge on any atom is -0.455 e. The highest BCUT2D eigenvalue weighted by molar-refractivity contribution is 7.26. The predicted molar refractivity (Wildman–Crippen MR) is 236 cm³/mol. The molecular weight excluding hydrogens is 717 g/mol. The zero-order valence-electron chi connectivity index (χ0n) is 30.4. The highest BCUT2D eigenvalue weighted by Gasteiger charge is 2.21. The Morgan fingerprint density at radius 1 is 0.421 bits per heavy atom. The lowest BCUT2D eigenvalue weighted by Gasteiger charge is -2.11. The Hall–Kier alpha value is -7.41. The van der Waals surface area contributed by atoms with Crippen LogP contribution in [-0.4, -0.2) is 19.5 Å². The molecule has 266 valence electrons. The number of fused-ring (bicyclic) bond motifs is 9. The van der Waals surface area contributed by atoms with E-state index in [0.717, 1.165) is 54.5 Å². The van der Waals surface area contributed by atoms with Crippen molar-refractivity contribution in [3.05, 3.63) is 182 Å². The van der Waals surface area contributed by atoms with Gasteiger partial charge in [0, 0.05) is 70.2 Å². The minimum absolute atomic E-state index is 0.566. The molecule has 0 atom stereocenters. The van der Waals surface area contributed by atoms with Crippen LogP contribution in [0.5, 0.6) is 0 Å². The van der Waals surface area contributed by atoms with Gasteiger partial charge in [0.25, 0.3) is 0 Å². The van der Waals surface area contributed by atoms with Gasteiger partial charge >= 0.3 is 0 Å². The van der Waals surface area contributed by atoms with Gasteiger partial charge in [-0.15, -0.1) is 11.3 Å². The lowest BCUT2D eigenvalue weighted by molar-refractivity contribution is 0.669. The quantitative estimate of drug-likeness (QED) is 0.176. The average Bonchev–Trinajstić information content (AvgIpc) is 3.96. The molecule has 4 heterocycles. The maximum absolute atomic E-state index is 6.91. The molecule has 0 saturated carbocycles. The molecule has 6 heteroatoms. The summed E-state index contributed by atoms with van der Waals surface area (Å²) in [6.45, 7) is 0. The summed E-state index contributed by atoms with van der Waals surface area (Å²) in [5.74, 6) is 1.81. The third-order valence-electron chi connectivity index (χ3n) is 11.1. The van der Waals surface area contributed by atoms with Crippen molar-refractivity contribution in [2.45, 2.75) is 0 Å². The molecule has 8 aromatic carbocycles. The summed E-state index contributed by atoms with van der Waals surface area (Å²) in [4.78, 5) is 15.5. The van der Waals surface area contributed by atoms with Gasteiger partial charge in [0.1, 0.15) is 11.2 Å². The number of rotatable bonds is 5. The number of nitrogens with zero attached hydrogens (tertiary/aromatic N) is 4. The Labute approximate surface area is 330 Å². The molecule has 0 N–H and O–H groups in total. The van der Waals surface area contributed by atoms with E-state index in [-0.39, 0.29) is 0 Å². The van der Waals surface area contributed by atoms with Crippen molar-refractivity contribution in [2.24, 2.45) is 0 Å². The van der Waals surface area contributed by atoms with Crippen LogP contribution in [0.1, 0.15) is 0 Å². The highest BCUT2D eigenvalue weighted by atomic mass is 32.1. The van der Waals surface area contributed by atoms with Gasteiger partial charge in [-0.05, 0) is 42.0 Å². The van der Waals surface area contributed by atoms with E-state index in [1.165, 1.54) is 42.9 Å². The third kappa shape index (κ3) is 4.98. The first-order chi connectivity index (χ1) is 28.3. The Balaban J connectivity index is 1.07. The largest absolute Gasteiger partial charge is 0.455 e. The molecule has 0 saturated heterocycles. The third-order valence-corrected chi connectivity index (χ3v) is 12.3. The summed E-state index contributed by atoms with van der Waals surface area (Å²) in [6.07, 6.45) is 0. The first kappa shape index (κ1) is 31.9. The summed E-state index contributed by atoms with van der Waals surface area (Å²) >= 11 is 1.77. The van der Waals surface area contributed by atoms with Gasteiger partial charge in [0.15, 0.2) is 17.5 Å². The molecule has 57 heavy (non-hydrogen) atoms. The van der Waals surface area contributed by atoms with Gasteiger partial charge in [0.05, 0.1) is 16.6 Å². The fourth-order valence-corrected chi connectivity index (χ4v) is 9.71. The topological polar surface area (TPSA) is 56.7 Å². The standard InChI is InChI=1S/C51H30N4OS/c1-3-14-31(15-4-1)34-20-11-21-38-35-18-7-9-26-43(35)55(46(34)38)33-28-29-36-39-22-12-24-41(47(39)56-44(36)30-33)50-52-49(32-16-5-2-6-17-32)53-51(54-50)42-25-13-23-40-37-19-8-10-27-45(37)57-48(40)42/h1-30H. The van der Waals surface area contributed by atoms with Gasteiger partial charge in [-0.25, -0.2) is 15.0 Å². The lowest BCUT2D eigenvalue weighted by atomic mass is 10.0.